The van der Waals surface area contributed by atoms with Crippen LogP contribution in [0.2, 0.25) is 5.02 Å². The molecule has 0 bridgehead atoms. The number of anilines is 1. The van der Waals surface area contributed by atoms with Gasteiger partial charge in [0.25, 0.3) is 0 Å². The summed E-state index contributed by atoms with van der Waals surface area (Å²) in [6.45, 7) is 0.474. The monoisotopic (exact) mass is 311 g/mol. The van der Waals surface area contributed by atoms with E-state index < -0.39 is 0 Å². The Morgan fingerprint density at radius 1 is 1.12 bits per heavy atom. The van der Waals surface area contributed by atoms with E-state index in [1.165, 1.54) is 0 Å². The maximum Gasteiger partial charge on any atom is 0.119 e. The van der Waals surface area contributed by atoms with Gasteiger partial charge in [-0.25, -0.2) is 0 Å². The number of nitrogen functional groups attached to an aromatic ring is 1. The third-order valence-corrected chi connectivity index (χ3v) is 3.14. The van der Waals surface area contributed by atoms with Crippen molar-refractivity contribution in [3.8, 4) is 5.75 Å². The standard InChI is InChI=1S/C13H11BrClNO/c14-10-2-4-11(5-3-10)17-8-9-1-6-13(16)12(15)7-9/h1-7H,8,16H2. The first kappa shape index (κ1) is 12.3. The van der Waals surface area contributed by atoms with Crippen LogP contribution >= 0.6 is 27.5 Å². The Kier molecular flexibility index (Phi) is 3.92. The molecule has 17 heavy (non-hydrogen) atoms. The highest BCUT2D eigenvalue weighted by Crippen LogP contribution is 2.21. The largest absolute Gasteiger partial charge is 0.489 e. The molecule has 2 N–H and O–H groups in total. The van der Waals surface area contributed by atoms with E-state index in [1.54, 1.807) is 6.07 Å². The summed E-state index contributed by atoms with van der Waals surface area (Å²) in [4.78, 5) is 0. The van der Waals surface area contributed by atoms with Gasteiger partial charge in [-0.3, -0.25) is 0 Å². The van der Waals surface area contributed by atoms with Crippen LogP contribution in [-0.4, -0.2) is 0 Å². The van der Waals surface area contributed by atoms with Crippen LogP contribution in [-0.2, 0) is 6.61 Å². The van der Waals surface area contributed by atoms with E-state index in [2.05, 4.69) is 15.9 Å². The topological polar surface area (TPSA) is 35.2 Å². The average molecular weight is 313 g/mol. The summed E-state index contributed by atoms with van der Waals surface area (Å²) in [6.07, 6.45) is 0. The second-order valence-electron chi connectivity index (χ2n) is 3.60. The van der Waals surface area contributed by atoms with E-state index in [-0.39, 0.29) is 0 Å². The minimum absolute atomic E-state index is 0.474. The fraction of sp³-hybridized carbons (Fsp3) is 0.0769. The van der Waals surface area contributed by atoms with E-state index in [4.69, 9.17) is 22.1 Å². The van der Waals surface area contributed by atoms with Crippen LogP contribution in [0.3, 0.4) is 0 Å². The van der Waals surface area contributed by atoms with Crippen molar-refractivity contribution in [2.45, 2.75) is 6.61 Å². The van der Waals surface area contributed by atoms with E-state index >= 15 is 0 Å². The molecule has 0 aromatic heterocycles. The lowest BCUT2D eigenvalue weighted by Gasteiger charge is -2.07. The predicted molar refractivity (Wildman–Crippen MR) is 74.3 cm³/mol. The fourth-order valence-corrected chi connectivity index (χ4v) is 1.83. The highest BCUT2D eigenvalue weighted by molar-refractivity contribution is 9.10. The molecule has 0 saturated carbocycles. The molecule has 0 heterocycles. The predicted octanol–water partition coefficient (Wildman–Crippen LogP) is 4.26. The molecule has 0 saturated heterocycles. The Hall–Kier alpha value is -1.19. The molecular formula is C13H11BrClNO. The van der Waals surface area contributed by atoms with Gasteiger partial charge in [0.05, 0.1) is 10.7 Å². The number of hydrogen-bond donors (Lipinski definition) is 1. The zero-order valence-corrected chi connectivity index (χ0v) is 11.3. The third-order valence-electron chi connectivity index (χ3n) is 2.28. The van der Waals surface area contributed by atoms with Crippen LogP contribution in [0.25, 0.3) is 0 Å². The first-order valence-electron chi connectivity index (χ1n) is 5.07. The minimum atomic E-state index is 0.474. The Morgan fingerprint density at radius 2 is 1.82 bits per heavy atom. The van der Waals surface area contributed by atoms with E-state index in [0.29, 0.717) is 17.3 Å². The molecule has 0 radical (unpaired) electrons. The van der Waals surface area contributed by atoms with Crippen LogP contribution in [0.4, 0.5) is 5.69 Å². The van der Waals surface area contributed by atoms with Crippen molar-refractivity contribution in [2.24, 2.45) is 0 Å². The van der Waals surface area contributed by atoms with Gasteiger partial charge in [0.1, 0.15) is 12.4 Å². The van der Waals surface area contributed by atoms with Gasteiger partial charge in [-0.15, -0.1) is 0 Å². The quantitative estimate of drug-likeness (QED) is 0.859. The maximum atomic E-state index is 5.93. The van der Waals surface area contributed by atoms with Gasteiger partial charge >= 0.3 is 0 Å². The number of rotatable bonds is 3. The Bertz CT molecular complexity index is 513. The summed E-state index contributed by atoms with van der Waals surface area (Å²) in [5.41, 5.74) is 7.21. The van der Waals surface area contributed by atoms with Crippen LogP contribution in [0.1, 0.15) is 5.56 Å². The number of hydrogen-bond acceptors (Lipinski definition) is 2. The van der Waals surface area contributed by atoms with E-state index in [9.17, 15) is 0 Å². The highest BCUT2D eigenvalue weighted by atomic mass is 79.9. The molecule has 0 aliphatic heterocycles. The normalized spacial score (nSPS) is 10.2. The molecule has 0 aliphatic carbocycles. The molecule has 2 rings (SSSR count). The summed E-state index contributed by atoms with van der Waals surface area (Å²) in [7, 11) is 0. The molecule has 0 aliphatic rings. The SMILES string of the molecule is Nc1ccc(COc2ccc(Br)cc2)cc1Cl. The van der Waals surface area contributed by atoms with Crippen molar-refractivity contribution < 1.29 is 4.74 Å². The van der Waals surface area contributed by atoms with Crippen LogP contribution in [0.15, 0.2) is 46.9 Å². The van der Waals surface area contributed by atoms with Crippen LogP contribution < -0.4 is 10.5 Å². The molecule has 0 spiro atoms. The third kappa shape index (κ3) is 3.38. The van der Waals surface area contributed by atoms with Gasteiger partial charge in [-0.05, 0) is 42.0 Å². The highest BCUT2D eigenvalue weighted by Gasteiger charge is 2.00. The van der Waals surface area contributed by atoms with Crippen molar-refractivity contribution >= 4 is 33.2 Å². The Morgan fingerprint density at radius 3 is 2.47 bits per heavy atom. The van der Waals surface area contributed by atoms with Crippen LogP contribution in [0, 0.1) is 0 Å². The van der Waals surface area contributed by atoms with Gasteiger partial charge in [-0.2, -0.15) is 0 Å². The molecule has 2 aromatic rings. The number of halogens is 2. The fourth-order valence-electron chi connectivity index (χ4n) is 1.36. The summed E-state index contributed by atoms with van der Waals surface area (Å²) in [5, 5.41) is 0.557. The first-order chi connectivity index (χ1) is 8.15. The van der Waals surface area contributed by atoms with Gasteiger partial charge in [0.2, 0.25) is 0 Å². The molecule has 4 heteroatoms. The second-order valence-corrected chi connectivity index (χ2v) is 4.92. The van der Waals surface area contributed by atoms with E-state index in [0.717, 1.165) is 15.8 Å². The maximum absolute atomic E-state index is 5.93. The van der Waals surface area contributed by atoms with Crippen LogP contribution in [0.5, 0.6) is 5.75 Å². The molecule has 0 unspecified atom stereocenters. The number of nitrogens with two attached hydrogens (primary N) is 1. The van der Waals surface area contributed by atoms with Gasteiger partial charge in [-0.1, -0.05) is 33.6 Å². The Balaban J connectivity index is 2.02. The molecule has 2 aromatic carbocycles. The molecule has 0 amide bonds. The second kappa shape index (κ2) is 5.43. The van der Waals surface area contributed by atoms with Gasteiger partial charge in [0.15, 0.2) is 0 Å². The minimum Gasteiger partial charge on any atom is -0.489 e. The van der Waals surface area contributed by atoms with Crippen molar-refractivity contribution in [2.75, 3.05) is 5.73 Å². The lowest BCUT2D eigenvalue weighted by atomic mass is 10.2. The van der Waals surface area contributed by atoms with Gasteiger partial charge < -0.3 is 10.5 Å². The molecule has 2 nitrogen and oxygen atoms in total. The molecule has 88 valence electrons. The first-order valence-corrected chi connectivity index (χ1v) is 6.24. The van der Waals surface area contributed by atoms with E-state index in [1.807, 2.05) is 36.4 Å². The lowest BCUT2D eigenvalue weighted by molar-refractivity contribution is 0.306. The summed E-state index contributed by atoms with van der Waals surface area (Å²) in [5.74, 6) is 0.821. The zero-order valence-electron chi connectivity index (χ0n) is 8.99. The number of benzene rings is 2. The van der Waals surface area contributed by atoms with Crippen molar-refractivity contribution in [3.63, 3.8) is 0 Å². The van der Waals surface area contributed by atoms with Crippen molar-refractivity contribution in [1.82, 2.24) is 0 Å². The molecule has 0 fully saturated rings. The summed E-state index contributed by atoms with van der Waals surface area (Å²) in [6, 6.07) is 13.2. The number of ether oxygens (including phenoxy) is 1. The van der Waals surface area contributed by atoms with Gasteiger partial charge in [0, 0.05) is 4.47 Å². The average Bonchev–Trinajstić information content (AvgIpc) is 2.33. The smallest absolute Gasteiger partial charge is 0.119 e. The van der Waals surface area contributed by atoms with Crippen molar-refractivity contribution in [1.29, 1.82) is 0 Å². The zero-order chi connectivity index (χ0) is 12.3. The lowest BCUT2D eigenvalue weighted by Crippen LogP contribution is -1.96. The van der Waals surface area contributed by atoms with Crippen molar-refractivity contribution in [3.05, 3.63) is 57.5 Å². The Labute approximate surface area is 113 Å². The summed E-state index contributed by atoms with van der Waals surface area (Å²) >= 11 is 9.30. The molecule has 0 atom stereocenters. The summed E-state index contributed by atoms with van der Waals surface area (Å²) < 4.78 is 6.65. The molecular weight excluding hydrogens is 302 g/mol.